The number of hydrogen-bond donors (Lipinski definition) is 1. The topological polar surface area (TPSA) is 75.7 Å². The molecule has 0 radical (unpaired) electrons. The van der Waals surface area contributed by atoms with Gasteiger partial charge in [-0.1, -0.05) is 12.8 Å². The second-order valence-electron chi connectivity index (χ2n) is 7.06. The standard InChI is InChI=1S/C19H28N2O4S2/c1-26-18-9-8-16(27(23,24)20-14-15-7-6-12-25-15)13-17(18)19(22)21-10-4-2-3-5-11-21/h8-9,13,15,20H,2-7,10-12,14H2,1H3. The van der Waals surface area contributed by atoms with E-state index in [2.05, 4.69) is 4.72 Å². The molecule has 1 unspecified atom stereocenters. The molecule has 27 heavy (non-hydrogen) atoms. The number of rotatable bonds is 6. The second kappa shape index (κ2) is 9.41. The van der Waals surface area contributed by atoms with Crippen LogP contribution in [-0.4, -0.2) is 57.8 Å². The molecule has 0 aliphatic carbocycles. The van der Waals surface area contributed by atoms with Crippen LogP contribution < -0.4 is 4.72 Å². The number of sulfonamides is 1. The maximum atomic E-state index is 13.1. The number of nitrogens with one attached hydrogen (secondary N) is 1. The third kappa shape index (κ3) is 5.25. The summed E-state index contributed by atoms with van der Waals surface area (Å²) in [5.74, 6) is -0.0718. The molecule has 0 saturated carbocycles. The van der Waals surface area contributed by atoms with Crippen LogP contribution in [0, 0.1) is 0 Å². The van der Waals surface area contributed by atoms with Gasteiger partial charge in [-0.25, -0.2) is 13.1 Å². The molecular weight excluding hydrogens is 384 g/mol. The van der Waals surface area contributed by atoms with E-state index in [0.717, 1.165) is 56.5 Å². The van der Waals surface area contributed by atoms with Gasteiger partial charge in [0.25, 0.3) is 5.91 Å². The van der Waals surface area contributed by atoms with Gasteiger partial charge in [0.2, 0.25) is 10.0 Å². The van der Waals surface area contributed by atoms with E-state index in [1.54, 1.807) is 12.1 Å². The minimum absolute atomic E-state index is 0.0663. The monoisotopic (exact) mass is 412 g/mol. The van der Waals surface area contributed by atoms with Crippen LogP contribution in [0.3, 0.4) is 0 Å². The fourth-order valence-electron chi connectivity index (χ4n) is 3.56. The summed E-state index contributed by atoms with van der Waals surface area (Å²) in [5.41, 5.74) is 0.476. The van der Waals surface area contributed by atoms with E-state index in [4.69, 9.17) is 4.74 Å². The van der Waals surface area contributed by atoms with E-state index >= 15 is 0 Å². The average Bonchev–Trinajstić information content (AvgIpc) is 3.06. The maximum Gasteiger partial charge on any atom is 0.255 e. The quantitative estimate of drug-likeness (QED) is 0.727. The summed E-state index contributed by atoms with van der Waals surface area (Å²) in [7, 11) is -3.68. The Bertz CT molecular complexity index is 753. The molecule has 2 aliphatic heterocycles. The molecule has 1 aromatic carbocycles. The van der Waals surface area contributed by atoms with Crippen LogP contribution in [-0.2, 0) is 14.8 Å². The van der Waals surface area contributed by atoms with Gasteiger partial charge in [0, 0.05) is 31.1 Å². The Labute approximate surface area is 166 Å². The van der Waals surface area contributed by atoms with E-state index in [9.17, 15) is 13.2 Å². The molecule has 0 aromatic heterocycles. The van der Waals surface area contributed by atoms with Crippen molar-refractivity contribution in [3.63, 3.8) is 0 Å². The van der Waals surface area contributed by atoms with Crippen LogP contribution in [0.1, 0.15) is 48.9 Å². The van der Waals surface area contributed by atoms with Gasteiger partial charge in [0.1, 0.15) is 0 Å². The molecule has 2 heterocycles. The summed E-state index contributed by atoms with van der Waals surface area (Å²) in [4.78, 5) is 15.9. The number of carbonyl (C=O) groups excluding carboxylic acids is 1. The molecule has 150 valence electrons. The summed E-state index contributed by atoms with van der Waals surface area (Å²) < 4.78 is 33.5. The van der Waals surface area contributed by atoms with Gasteiger partial charge >= 0.3 is 0 Å². The number of nitrogens with zero attached hydrogens (tertiary/aromatic N) is 1. The Kier molecular flexibility index (Phi) is 7.19. The lowest BCUT2D eigenvalue weighted by molar-refractivity contribution is 0.0758. The van der Waals surface area contributed by atoms with E-state index in [1.165, 1.54) is 17.8 Å². The molecular formula is C19H28N2O4S2. The Balaban J connectivity index is 1.80. The van der Waals surface area contributed by atoms with E-state index in [1.807, 2.05) is 11.2 Å². The van der Waals surface area contributed by atoms with Crippen LogP contribution in [0.2, 0.25) is 0 Å². The second-order valence-corrected chi connectivity index (χ2v) is 9.67. The average molecular weight is 413 g/mol. The van der Waals surface area contributed by atoms with Gasteiger partial charge < -0.3 is 9.64 Å². The number of ether oxygens (including phenoxy) is 1. The first kappa shape index (κ1) is 20.6. The van der Waals surface area contributed by atoms with Crippen LogP contribution in [0.15, 0.2) is 28.0 Å². The molecule has 2 saturated heterocycles. The number of benzene rings is 1. The first-order chi connectivity index (χ1) is 13.0. The lowest BCUT2D eigenvalue weighted by Crippen LogP contribution is -2.33. The van der Waals surface area contributed by atoms with Crippen LogP contribution >= 0.6 is 11.8 Å². The molecule has 6 nitrogen and oxygen atoms in total. The molecule has 0 bridgehead atoms. The SMILES string of the molecule is CSc1ccc(S(=O)(=O)NCC2CCCO2)cc1C(=O)N1CCCCCC1. The Hall–Kier alpha value is -1.09. The van der Waals surface area contributed by atoms with Gasteiger partial charge in [-0.05, 0) is 50.1 Å². The third-order valence-corrected chi connectivity index (χ3v) is 7.35. The zero-order valence-corrected chi connectivity index (χ0v) is 17.4. The van der Waals surface area contributed by atoms with E-state index in [-0.39, 0.29) is 23.5 Å². The molecule has 8 heteroatoms. The predicted octanol–water partition coefficient (Wildman–Crippen LogP) is 2.88. The van der Waals surface area contributed by atoms with Gasteiger partial charge in [0.05, 0.1) is 16.6 Å². The van der Waals surface area contributed by atoms with Gasteiger partial charge in [-0.2, -0.15) is 0 Å². The molecule has 3 rings (SSSR count). The summed E-state index contributed by atoms with van der Waals surface area (Å²) in [5, 5.41) is 0. The number of thioether (sulfide) groups is 1. The highest BCUT2D eigenvalue weighted by Crippen LogP contribution is 2.26. The van der Waals surface area contributed by atoms with Crippen molar-refractivity contribution < 1.29 is 17.9 Å². The largest absolute Gasteiger partial charge is 0.377 e. The van der Waals surface area contributed by atoms with Crippen LogP contribution in [0.25, 0.3) is 0 Å². The van der Waals surface area contributed by atoms with E-state index < -0.39 is 10.0 Å². The summed E-state index contributed by atoms with van der Waals surface area (Å²) in [6.45, 7) is 2.42. The summed E-state index contributed by atoms with van der Waals surface area (Å²) >= 11 is 1.46. The lowest BCUT2D eigenvalue weighted by Gasteiger charge is -2.22. The molecule has 1 atom stereocenters. The van der Waals surface area contributed by atoms with Crippen molar-refractivity contribution in [3.8, 4) is 0 Å². The zero-order valence-electron chi connectivity index (χ0n) is 15.8. The van der Waals surface area contributed by atoms with E-state index in [0.29, 0.717) is 12.2 Å². The van der Waals surface area contributed by atoms with Gasteiger partial charge in [-0.3, -0.25) is 4.79 Å². The Morgan fingerprint density at radius 3 is 2.59 bits per heavy atom. The van der Waals surface area contributed by atoms with Crippen molar-refractivity contribution in [3.05, 3.63) is 23.8 Å². The highest BCUT2D eigenvalue weighted by molar-refractivity contribution is 7.98. The van der Waals surface area contributed by atoms with Crippen LogP contribution in [0.4, 0.5) is 0 Å². The van der Waals surface area contributed by atoms with Crippen molar-refractivity contribution in [2.75, 3.05) is 32.5 Å². The van der Waals surface area contributed by atoms with Crippen molar-refractivity contribution in [2.24, 2.45) is 0 Å². The van der Waals surface area contributed by atoms with Crippen molar-refractivity contribution >= 4 is 27.7 Å². The smallest absolute Gasteiger partial charge is 0.255 e. The maximum absolute atomic E-state index is 13.1. The number of hydrogen-bond acceptors (Lipinski definition) is 5. The van der Waals surface area contributed by atoms with Gasteiger partial charge in [-0.15, -0.1) is 11.8 Å². The number of amides is 1. The summed E-state index contributed by atoms with van der Waals surface area (Å²) in [6.07, 6.45) is 7.95. The lowest BCUT2D eigenvalue weighted by atomic mass is 10.2. The molecule has 0 spiro atoms. The highest BCUT2D eigenvalue weighted by atomic mass is 32.2. The first-order valence-electron chi connectivity index (χ1n) is 9.60. The third-order valence-electron chi connectivity index (χ3n) is 5.13. The fourth-order valence-corrected chi connectivity index (χ4v) is 5.22. The molecule has 1 amide bonds. The number of carbonyl (C=O) groups is 1. The molecule has 2 aliphatic rings. The highest BCUT2D eigenvalue weighted by Gasteiger charge is 2.24. The van der Waals surface area contributed by atoms with Gasteiger partial charge in [0.15, 0.2) is 0 Å². The van der Waals surface area contributed by atoms with Crippen molar-refractivity contribution in [1.29, 1.82) is 0 Å². The molecule has 2 fully saturated rings. The fraction of sp³-hybridized carbons (Fsp3) is 0.632. The Morgan fingerprint density at radius 2 is 1.96 bits per heavy atom. The molecule has 1 aromatic rings. The van der Waals surface area contributed by atoms with Crippen molar-refractivity contribution in [2.45, 2.75) is 54.4 Å². The normalized spacial score (nSPS) is 21.2. The zero-order chi connectivity index (χ0) is 19.3. The summed E-state index contributed by atoms with van der Waals surface area (Å²) in [6, 6.07) is 4.83. The Morgan fingerprint density at radius 1 is 1.22 bits per heavy atom. The van der Waals surface area contributed by atoms with Crippen molar-refractivity contribution in [1.82, 2.24) is 9.62 Å². The van der Waals surface area contributed by atoms with Crippen LogP contribution in [0.5, 0.6) is 0 Å². The molecule has 1 N–H and O–H groups in total. The minimum Gasteiger partial charge on any atom is -0.377 e. The minimum atomic E-state index is -3.68. The predicted molar refractivity (Wildman–Crippen MR) is 107 cm³/mol. The number of likely N-dealkylation sites (tertiary alicyclic amines) is 1. The first-order valence-corrected chi connectivity index (χ1v) is 12.3.